The third-order valence-corrected chi connectivity index (χ3v) is 2.60. The lowest BCUT2D eigenvalue weighted by Crippen LogP contribution is -2.39. The molecule has 0 unspecified atom stereocenters. The molecule has 0 bridgehead atoms. The second kappa shape index (κ2) is 7.52. The molecular weight excluding hydrogens is 314 g/mol. The highest BCUT2D eigenvalue weighted by Gasteiger charge is 2.06. The number of amides is 3. The first-order valence-electron chi connectivity index (χ1n) is 5.54. The van der Waals surface area contributed by atoms with Crippen molar-refractivity contribution in [3.05, 3.63) is 28.7 Å². The van der Waals surface area contributed by atoms with Crippen LogP contribution in [0.4, 0.5) is 5.69 Å². The van der Waals surface area contributed by atoms with Crippen molar-refractivity contribution in [2.24, 2.45) is 0 Å². The Morgan fingerprint density at radius 1 is 1.00 bits per heavy atom. The number of hydrogen-bond acceptors (Lipinski definition) is 3. The van der Waals surface area contributed by atoms with Crippen LogP contribution < -0.4 is 16.0 Å². The van der Waals surface area contributed by atoms with Gasteiger partial charge in [-0.2, -0.15) is 0 Å². The van der Waals surface area contributed by atoms with E-state index in [-0.39, 0.29) is 24.9 Å². The standard InChI is InChI=1S/C12H14BrN3O3/c1-8(17)14-6-11(18)15-7-12(19)16-10-4-2-9(13)3-5-10/h2-5H,6-7H2,1H3,(H,14,17)(H,15,18)(H,16,19). The second-order valence-corrected chi connectivity index (χ2v) is 4.66. The Bertz CT molecular complexity index is 474. The molecule has 1 aromatic rings. The summed E-state index contributed by atoms with van der Waals surface area (Å²) in [5, 5.41) is 7.36. The van der Waals surface area contributed by atoms with Crippen molar-refractivity contribution >= 4 is 39.3 Å². The van der Waals surface area contributed by atoms with E-state index in [9.17, 15) is 14.4 Å². The zero-order valence-electron chi connectivity index (χ0n) is 10.3. The summed E-state index contributed by atoms with van der Waals surface area (Å²) < 4.78 is 0.911. The van der Waals surface area contributed by atoms with Crippen LogP contribution in [0.1, 0.15) is 6.92 Å². The summed E-state index contributed by atoms with van der Waals surface area (Å²) in [6.45, 7) is 1.03. The van der Waals surface area contributed by atoms with Crippen LogP contribution >= 0.6 is 15.9 Å². The molecule has 0 radical (unpaired) electrons. The first kappa shape index (κ1) is 15.2. The molecule has 0 fully saturated rings. The van der Waals surface area contributed by atoms with Crippen molar-refractivity contribution in [3.63, 3.8) is 0 Å². The van der Waals surface area contributed by atoms with Gasteiger partial charge in [0.15, 0.2) is 0 Å². The average Bonchev–Trinajstić information content (AvgIpc) is 2.36. The molecule has 7 heteroatoms. The van der Waals surface area contributed by atoms with Gasteiger partial charge in [0.25, 0.3) is 0 Å². The molecule has 0 saturated heterocycles. The number of anilines is 1. The molecule has 102 valence electrons. The van der Waals surface area contributed by atoms with Gasteiger partial charge < -0.3 is 16.0 Å². The van der Waals surface area contributed by atoms with Crippen molar-refractivity contribution in [2.45, 2.75) is 6.92 Å². The molecular formula is C12H14BrN3O3. The quantitative estimate of drug-likeness (QED) is 0.741. The predicted molar refractivity (Wildman–Crippen MR) is 74.5 cm³/mol. The van der Waals surface area contributed by atoms with Gasteiger partial charge in [-0.1, -0.05) is 15.9 Å². The molecule has 0 aliphatic carbocycles. The molecule has 1 aromatic carbocycles. The fourth-order valence-electron chi connectivity index (χ4n) is 1.18. The van der Waals surface area contributed by atoms with Crippen molar-refractivity contribution in [3.8, 4) is 0 Å². The summed E-state index contributed by atoms with van der Waals surface area (Å²) in [6.07, 6.45) is 0. The summed E-state index contributed by atoms with van der Waals surface area (Å²) in [7, 11) is 0. The second-order valence-electron chi connectivity index (χ2n) is 3.74. The predicted octanol–water partition coefficient (Wildman–Crippen LogP) is 0.640. The van der Waals surface area contributed by atoms with Crippen molar-refractivity contribution < 1.29 is 14.4 Å². The Morgan fingerprint density at radius 2 is 1.58 bits per heavy atom. The number of carbonyl (C=O) groups excluding carboxylic acids is 3. The molecule has 0 atom stereocenters. The molecule has 3 N–H and O–H groups in total. The highest BCUT2D eigenvalue weighted by Crippen LogP contribution is 2.13. The highest BCUT2D eigenvalue weighted by molar-refractivity contribution is 9.10. The Labute approximate surface area is 119 Å². The number of hydrogen-bond donors (Lipinski definition) is 3. The van der Waals surface area contributed by atoms with Gasteiger partial charge in [-0.15, -0.1) is 0 Å². The largest absolute Gasteiger partial charge is 0.347 e. The summed E-state index contributed by atoms with van der Waals surface area (Å²) in [5.41, 5.74) is 0.643. The van der Waals surface area contributed by atoms with Crippen molar-refractivity contribution in [1.82, 2.24) is 10.6 Å². The smallest absolute Gasteiger partial charge is 0.243 e. The van der Waals surface area contributed by atoms with E-state index in [1.807, 2.05) is 0 Å². The fraction of sp³-hybridized carbons (Fsp3) is 0.250. The zero-order chi connectivity index (χ0) is 14.3. The highest BCUT2D eigenvalue weighted by atomic mass is 79.9. The number of carbonyl (C=O) groups is 3. The Balaban J connectivity index is 2.29. The van der Waals surface area contributed by atoms with Crippen LogP contribution in [0.2, 0.25) is 0 Å². The van der Waals surface area contributed by atoms with E-state index in [4.69, 9.17) is 0 Å². The van der Waals surface area contributed by atoms with Crippen LogP contribution in [0.3, 0.4) is 0 Å². The van der Waals surface area contributed by atoms with E-state index >= 15 is 0 Å². The minimum atomic E-state index is -0.416. The Morgan fingerprint density at radius 3 is 2.16 bits per heavy atom. The maximum Gasteiger partial charge on any atom is 0.243 e. The van der Waals surface area contributed by atoms with Gasteiger partial charge in [-0.3, -0.25) is 14.4 Å². The lowest BCUT2D eigenvalue weighted by molar-refractivity contribution is -0.126. The van der Waals surface area contributed by atoms with Crippen LogP contribution in [0.5, 0.6) is 0 Å². The molecule has 0 aromatic heterocycles. The molecule has 19 heavy (non-hydrogen) atoms. The molecule has 6 nitrogen and oxygen atoms in total. The van der Waals surface area contributed by atoms with Gasteiger partial charge in [0.2, 0.25) is 17.7 Å². The van der Waals surface area contributed by atoms with Gasteiger partial charge in [0.05, 0.1) is 13.1 Å². The van der Waals surface area contributed by atoms with Crippen LogP contribution in [0.15, 0.2) is 28.7 Å². The van der Waals surface area contributed by atoms with Gasteiger partial charge >= 0.3 is 0 Å². The Kier molecular flexibility index (Phi) is 6.01. The van der Waals surface area contributed by atoms with Gasteiger partial charge in [0, 0.05) is 17.1 Å². The van der Waals surface area contributed by atoms with E-state index in [1.54, 1.807) is 24.3 Å². The van der Waals surface area contributed by atoms with Crippen LogP contribution in [0, 0.1) is 0 Å². The van der Waals surface area contributed by atoms with Crippen LogP contribution in [0.25, 0.3) is 0 Å². The average molecular weight is 328 g/mol. The molecule has 3 amide bonds. The van der Waals surface area contributed by atoms with E-state index in [1.165, 1.54) is 6.92 Å². The van der Waals surface area contributed by atoms with E-state index < -0.39 is 5.91 Å². The first-order valence-corrected chi connectivity index (χ1v) is 6.33. The molecule has 0 aliphatic rings. The maximum atomic E-state index is 11.5. The zero-order valence-corrected chi connectivity index (χ0v) is 11.9. The van der Waals surface area contributed by atoms with Gasteiger partial charge in [-0.25, -0.2) is 0 Å². The Hall–Kier alpha value is -1.89. The molecule has 0 aliphatic heterocycles. The summed E-state index contributed by atoms with van der Waals surface area (Å²) in [4.78, 5) is 33.3. The minimum absolute atomic E-state index is 0.138. The normalized spacial score (nSPS) is 9.58. The fourth-order valence-corrected chi connectivity index (χ4v) is 1.45. The summed E-state index contributed by atoms with van der Waals surface area (Å²) in [6, 6.07) is 7.07. The molecule has 0 spiro atoms. The number of halogens is 1. The summed E-state index contributed by atoms with van der Waals surface area (Å²) in [5.74, 6) is -1.05. The SMILES string of the molecule is CC(=O)NCC(=O)NCC(=O)Nc1ccc(Br)cc1. The monoisotopic (exact) mass is 327 g/mol. The van der Waals surface area contributed by atoms with Gasteiger partial charge in [-0.05, 0) is 24.3 Å². The number of rotatable bonds is 5. The third-order valence-electron chi connectivity index (χ3n) is 2.07. The van der Waals surface area contributed by atoms with Crippen molar-refractivity contribution in [1.29, 1.82) is 0 Å². The third kappa shape index (κ3) is 6.56. The van der Waals surface area contributed by atoms with E-state index in [0.717, 1.165) is 4.47 Å². The lowest BCUT2D eigenvalue weighted by Gasteiger charge is -2.07. The molecule has 0 saturated carbocycles. The van der Waals surface area contributed by atoms with E-state index in [2.05, 4.69) is 31.9 Å². The van der Waals surface area contributed by atoms with E-state index in [0.29, 0.717) is 5.69 Å². The van der Waals surface area contributed by atoms with Crippen LogP contribution in [-0.4, -0.2) is 30.8 Å². The first-order chi connectivity index (χ1) is 8.97. The minimum Gasteiger partial charge on any atom is -0.347 e. The lowest BCUT2D eigenvalue weighted by atomic mass is 10.3. The maximum absolute atomic E-state index is 11.5. The van der Waals surface area contributed by atoms with Gasteiger partial charge in [0.1, 0.15) is 0 Å². The topological polar surface area (TPSA) is 87.3 Å². The molecule has 0 heterocycles. The van der Waals surface area contributed by atoms with Crippen molar-refractivity contribution in [2.75, 3.05) is 18.4 Å². The summed E-state index contributed by atoms with van der Waals surface area (Å²) >= 11 is 3.29. The molecule has 1 rings (SSSR count). The number of benzene rings is 1. The number of nitrogens with one attached hydrogen (secondary N) is 3. The van der Waals surface area contributed by atoms with Crippen LogP contribution in [-0.2, 0) is 14.4 Å².